The van der Waals surface area contributed by atoms with E-state index in [-0.39, 0.29) is 0 Å². The summed E-state index contributed by atoms with van der Waals surface area (Å²) < 4.78 is 5.42. The molecule has 0 amide bonds. The SMILES string of the molecule is CCC1(CC)CN(C(C)CCc2ccco2)CCN1. The van der Waals surface area contributed by atoms with Crippen molar-refractivity contribution in [3.05, 3.63) is 24.2 Å². The maximum Gasteiger partial charge on any atom is 0.103 e. The van der Waals surface area contributed by atoms with E-state index in [1.54, 1.807) is 6.26 Å². The molecule has 1 atom stereocenters. The number of rotatable bonds is 6. The normalized spacial score (nSPS) is 21.4. The molecule has 108 valence electrons. The van der Waals surface area contributed by atoms with Gasteiger partial charge in [0.15, 0.2) is 0 Å². The van der Waals surface area contributed by atoms with E-state index < -0.39 is 0 Å². The molecule has 1 aliphatic heterocycles. The third kappa shape index (κ3) is 3.61. The molecule has 0 spiro atoms. The molecule has 1 N–H and O–H groups in total. The highest BCUT2D eigenvalue weighted by Gasteiger charge is 2.33. The minimum Gasteiger partial charge on any atom is -0.469 e. The van der Waals surface area contributed by atoms with Crippen molar-refractivity contribution in [1.29, 1.82) is 0 Å². The Morgan fingerprint density at radius 3 is 2.84 bits per heavy atom. The summed E-state index contributed by atoms with van der Waals surface area (Å²) in [5.41, 5.74) is 0.331. The largest absolute Gasteiger partial charge is 0.469 e. The molecule has 1 fully saturated rings. The average molecular weight is 264 g/mol. The molecule has 1 saturated heterocycles. The van der Waals surface area contributed by atoms with Crippen molar-refractivity contribution in [2.24, 2.45) is 0 Å². The average Bonchev–Trinajstić information content (AvgIpc) is 2.98. The van der Waals surface area contributed by atoms with Crippen molar-refractivity contribution in [2.75, 3.05) is 19.6 Å². The van der Waals surface area contributed by atoms with E-state index in [4.69, 9.17) is 4.42 Å². The van der Waals surface area contributed by atoms with E-state index in [1.165, 1.54) is 32.4 Å². The second-order valence-electron chi connectivity index (χ2n) is 5.85. The highest BCUT2D eigenvalue weighted by atomic mass is 16.3. The predicted molar refractivity (Wildman–Crippen MR) is 79.4 cm³/mol. The van der Waals surface area contributed by atoms with E-state index in [1.807, 2.05) is 6.07 Å². The van der Waals surface area contributed by atoms with Crippen molar-refractivity contribution in [2.45, 2.75) is 58.0 Å². The van der Waals surface area contributed by atoms with Crippen molar-refractivity contribution in [1.82, 2.24) is 10.2 Å². The van der Waals surface area contributed by atoms with Crippen LogP contribution in [0.5, 0.6) is 0 Å². The highest BCUT2D eigenvalue weighted by Crippen LogP contribution is 2.22. The van der Waals surface area contributed by atoms with Crippen LogP contribution in [0.4, 0.5) is 0 Å². The monoisotopic (exact) mass is 264 g/mol. The minimum atomic E-state index is 0.331. The van der Waals surface area contributed by atoms with Gasteiger partial charge < -0.3 is 9.73 Å². The molecule has 1 unspecified atom stereocenters. The van der Waals surface area contributed by atoms with Crippen LogP contribution in [0.3, 0.4) is 0 Å². The first-order valence-corrected chi connectivity index (χ1v) is 7.70. The van der Waals surface area contributed by atoms with Gasteiger partial charge in [-0.15, -0.1) is 0 Å². The van der Waals surface area contributed by atoms with Crippen LogP contribution in [0.1, 0.15) is 45.8 Å². The summed E-state index contributed by atoms with van der Waals surface area (Å²) in [6, 6.07) is 4.68. The fraction of sp³-hybridized carbons (Fsp3) is 0.750. The van der Waals surface area contributed by atoms with Gasteiger partial charge in [-0.2, -0.15) is 0 Å². The van der Waals surface area contributed by atoms with Crippen LogP contribution in [-0.4, -0.2) is 36.1 Å². The van der Waals surface area contributed by atoms with Crippen LogP contribution >= 0.6 is 0 Å². The fourth-order valence-corrected chi connectivity index (χ4v) is 3.08. The molecule has 3 heteroatoms. The molecule has 1 aliphatic rings. The lowest BCUT2D eigenvalue weighted by atomic mass is 9.89. The van der Waals surface area contributed by atoms with Crippen LogP contribution in [0.15, 0.2) is 22.8 Å². The number of hydrogen-bond acceptors (Lipinski definition) is 3. The summed E-state index contributed by atoms with van der Waals surface area (Å²) in [5, 5.41) is 3.73. The van der Waals surface area contributed by atoms with E-state index in [2.05, 4.69) is 37.1 Å². The Morgan fingerprint density at radius 2 is 2.21 bits per heavy atom. The van der Waals surface area contributed by atoms with Crippen molar-refractivity contribution >= 4 is 0 Å². The maximum atomic E-state index is 5.42. The van der Waals surface area contributed by atoms with Gasteiger partial charge in [0, 0.05) is 37.6 Å². The Bertz CT molecular complexity index is 357. The van der Waals surface area contributed by atoms with Crippen molar-refractivity contribution in [3.8, 4) is 0 Å². The Kier molecular flexibility index (Phi) is 5.06. The zero-order chi connectivity index (χ0) is 13.7. The molecule has 0 radical (unpaired) electrons. The highest BCUT2D eigenvalue weighted by molar-refractivity contribution is 4.99. The van der Waals surface area contributed by atoms with Gasteiger partial charge in [0.25, 0.3) is 0 Å². The Labute approximate surface area is 117 Å². The van der Waals surface area contributed by atoms with Crippen LogP contribution in [-0.2, 0) is 6.42 Å². The van der Waals surface area contributed by atoms with Crippen LogP contribution < -0.4 is 5.32 Å². The molecule has 1 aromatic heterocycles. The molecule has 3 nitrogen and oxygen atoms in total. The van der Waals surface area contributed by atoms with Gasteiger partial charge in [0.1, 0.15) is 5.76 Å². The molecule has 0 bridgehead atoms. The predicted octanol–water partition coefficient (Wildman–Crippen LogP) is 3.06. The molecule has 19 heavy (non-hydrogen) atoms. The lowest BCUT2D eigenvalue weighted by Crippen LogP contribution is -2.61. The van der Waals surface area contributed by atoms with E-state index in [0.717, 1.165) is 18.7 Å². The third-order valence-corrected chi connectivity index (χ3v) is 4.77. The number of piperazine rings is 1. The number of nitrogens with zero attached hydrogens (tertiary/aromatic N) is 1. The summed E-state index contributed by atoms with van der Waals surface area (Å²) >= 11 is 0. The second-order valence-corrected chi connectivity index (χ2v) is 5.85. The number of furan rings is 1. The Morgan fingerprint density at radius 1 is 1.42 bits per heavy atom. The molecule has 0 aromatic carbocycles. The number of aryl methyl sites for hydroxylation is 1. The van der Waals surface area contributed by atoms with Gasteiger partial charge in [-0.05, 0) is 38.3 Å². The van der Waals surface area contributed by atoms with Crippen molar-refractivity contribution < 1.29 is 4.42 Å². The molecule has 2 heterocycles. The standard InChI is InChI=1S/C16H28N2O/c1-4-16(5-2)13-18(11-10-17-16)14(3)8-9-15-7-6-12-19-15/h6-7,12,14,17H,4-5,8-11,13H2,1-3H3. The lowest BCUT2D eigenvalue weighted by molar-refractivity contribution is 0.0881. The fourth-order valence-electron chi connectivity index (χ4n) is 3.08. The first-order chi connectivity index (χ1) is 9.19. The molecule has 2 rings (SSSR count). The molecule has 0 aliphatic carbocycles. The Hall–Kier alpha value is -0.800. The summed E-state index contributed by atoms with van der Waals surface area (Å²) in [5.74, 6) is 1.11. The first-order valence-electron chi connectivity index (χ1n) is 7.70. The first kappa shape index (κ1) is 14.6. The quantitative estimate of drug-likeness (QED) is 0.856. The van der Waals surface area contributed by atoms with Crippen molar-refractivity contribution in [3.63, 3.8) is 0 Å². The summed E-state index contributed by atoms with van der Waals surface area (Å²) in [7, 11) is 0. The molecular weight excluding hydrogens is 236 g/mol. The summed E-state index contributed by atoms with van der Waals surface area (Å²) in [6.45, 7) is 10.4. The Balaban J connectivity index is 1.86. The lowest BCUT2D eigenvalue weighted by Gasteiger charge is -2.45. The van der Waals surface area contributed by atoms with Crippen LogP contribution in [0.2, 0.25) is 0 Å². The van der Waals surface area contributed by atoms with E-state index in [9.17, 15) is 0 Å². The summed E-state index contributed by atoms with van der Waals surface area (Å²) in [6.07, 6.45) is 6.42. The number of hydrogen-bond donors (Lipinski definition) is 1. The summed E-state index contributed by atoms with van der Waals surface area (Å²) in [4.78, 5) is 2.65. The van der Waals surface area contributed by atoms with E-state index in [0.29, 0.717) is 11.6 Å². The van der Waals surface area contributed by atoms with Gasteiger partial charge in [-0.25, -0.2) is 0 Å². The van der Waals surface area contributed by atoms with Crippen LogP contribution in [0.25, 0.3) is 0 Å². The van der Waals surface area contributed by atoms with Gasteiger partial charge >= 0.3 is 0 Å². The molecule has 1 aromatic rings. The van der Waals surface area contributed by atoms with Gasteiger partial charge in [-0.3, -0.25) is 4.90 Å². The number of nitrogens with one attached hydrogen (secondary N) is 1. The molecule has 0 saturated carbocycles. The maximum absolute atomic E-state index is 5.42. The van der Waals surface area contributed by atoms with Gasteiger partial charge in [-0.1, -0.05) is 13.8 Å². The third-order valence-electron chi connectivity index (χ3n) is 4.77. The zero-order valence-corrected chi connectivity index (χ0v) is 12.6. The smallest absolute Gasteiger partial charge is 0.103 e. The van der Waals surface area contributed by atoms with Crippen LogP contribution in [0, 0.1) is 0 Å². The van der Waals surface area contributed by atoms with E-state index >= 15 is 0 Å². The minimum absolute atomic E-state index is 0.331. The molecular formula is C16H28N2O. The van der Waals surface area contributed by atoms with Gasteiger partial charge in [0.05, 0.1) is 6.26 Å². The zero-order valence-electron chi connectivity index (χ0n) is 12.6. The van der Waals surface area contributed by atoms with Gasteiger partial charge in [0.2, 0.25) is 0 Å². The topological polar surface area (TPSA) is 28.4 Å². The second kappa shape index (κ2) is 6.58.